The largest absolute Gasteiger partial charge is 0.480 e. The van der Waals surface area contributed by atoms with Gasteiger partial charge in [-0.05, 0) is 39.2 Å². The molecule has 98 valence electrons. The molecule has 1 amide bonds. The second kappa shape index (κ2) is 4.48. The number of furan rings is 1. The van der Waals surface area contributed by atoms with Crippen molar-refractivity contribution in [2.45, 2.75) is 38.6 Å². The van der Waals surface area contributed by atoms with E-state index in [1.807, 2.05) is 0 Å². The number of rotatable bonds is 2. The highest BCUT2D eigenvalue weighted by Crippen LogP contribution is 2.30. The summed E-state index contributed by atoms with van der Waals surface area (Å²) in [6, 6.07) is 1.59. The number of carbonyl (C=O) groups is 2. The maximum absolute atomic E-state index is 12.4. The van der Waals surface area contributed by atoms with Crippen LogP contribution in [0.15, 0.2) is 16.7 Å². The smallest absolute Gasteiger partial charge is 0.329 e. The number of carbonyl (C=O) groups excluding carboxylic acids is 1. The summed E-state index contributed by atoms with van der Waals surface area (Å²) in [7, 11) is 0. The lowest BCUT2D eigenvalue weighted by atomic mass is 9.88. The Morgan fingerprint density at radius 1 is 1.44 bits per heavy atom. The molecule has 5 heteroatoms. The minimum Gasteiger partial charge on any atom is -0.480 e. The van der Waals surface area contributed by atoms with Crippen LogP contribution in [0.1, 0.15) is 42.3 Å². The van der Waals surface area contributed by atoms with Crippen molar-refractivity contribution in [3.8, 4) is 0 Å². The number of aliphatic carboxylic acids is 1. The molecule has 0 aliphatic carbocycles. The Labute approximate surface area is 105 Å². The summed E-state index contributed by atoms with van der Waals surface area (Å²) < 4.78 is 5.11. The summed E-state index contributed by atoms with van der Waals surface area (Å²) in [5.74, 6) is -0.680. The van der Waals surface area contributed by atoms with E-state index in [2.05, 4.69) is 0 Å². The molecule has 1 aliphatic rings. The molecule has 0 spiro atoms. The van der Waals surface area contributed by atoms with E-state index in [9.17, 15) is 14.7 Å². The van der Waals surface area contributed by atoms with E-state index >= 15 is 0 Å². The summed E-state index contributed by atoms with van der Waals surface area (Å²) >= 11 is 0. The van der Waals surface area contributed by atoms with Gasteiger partial charge >= 0.3 is 5.97 Å². The number of piperidine rings is 1. The average Bonchev–Trinajstić information content (AvgIpc) is 2.75. The van der Waals surface area contributed by atoms with E-state index < -0.39 is 11.5 Å². The Bertz CT molecular complexity index is 479. The van der Waals surface area contributed by atoms with Crippen LogP contribution in [0.5, 0.6) is 0 Å². The van der Waals surface area contributed by atoms with Gasteiger partial charge in [-0.15, -0.1) is 0 Å². The first-order valence-corrected chi connectivity index (χ1v) is 6.06. The first kappa shape index (κ1) is 12.7. The third-order valence-corrected chi connectivity index (χ3v) is 3.69. The molecule has 1 unspecified atom stereocenters. The van der Waals surface area contributed by atoms with Crippen LogP contribution >= 0.6 is 0 Å². The summed E-state index contributed by atoms with van der Waals surface area (Å²) in [6.07, 6.45) is 3.61. The number of carboxylic acid groups (broad SMARTS) is 1. The lowest BCUT2D eigenvalue weighted by molar-refractivity contribution is -0.150. The van der Waals surface area contributed by atoms with Crippen molar-refractivity contribution in [3.05, 3.63) is 23.7 Å². The summed E-state index contributed by atoms with van der Waals surface area (Å²) in [5.41, 5.74) is -0.664. The maximum Gasteiger partial charge on any atom is 0.329 e. The zero-order valence-electron chi connectivity index (χ0n) is 10.6. The molecular weight excluding hydrogens is 234 g/mol. The predicted molar refractivity (Wildman–Crippen MR) is 64.4 cm³/mol. The highest BCUT2D eigenvalue weighted by Gasteiger charge is 2.44. The zero-order chi connectivity index (χ0) is 13.3. The summed E-state index contributed by atoms with van der Waals surface area (Å²) in [5, 5.41) is 9.37. The molecule has 2 heterocycles. The Morgan fingerprint density at radius 2 is 2.17 bits per heavy atom. The van der Waals surface area contributed by atoms with Crippen LogP contribution < -0.4 is 0 Å². The van der Waals surface area contributed by atoms with E-state index in [0.29, 0.717) is 24.3 Å². The third-order valence-electron chi connectivity index (χ3n) is 3.69. The van der Waals surface area contributed by atoms with E-state index in [0.717, 1.165) is 12.8 Å². The number of aryl methyl sites for hydroxylation is 1. The Hall–Kier alpha value is -1.78. The zero-order valence-corrected chi connectivity index (χ0v) is 10.6. The van der Waals surface area contributed by atoms with Crippen LogP contribution in [0.3, 0.4) is 0 Å². The van der Waals surface area contributed by atoms with Crippen molar-refractivity contribution in [1.82, 2.24) is 4.90 Å². The molecule has 1 fully saturated rings. The van der Waals surface area contributed by atoms with Crippen LogP contribution in [0.4, 0.5) is 0 Å². The number of carboxylic acids is 1. The highest BCUT2D eigenvalue weighted by atomic mass is 16.4. The van der Waals surface area contributed by atoms with Gasteiger partial charge in [0.05, 0.1) is 11.8 Å². The summed E-state index contributed by atoms with van der Waals surface area (Å²) in [6.45, 7) is 3.79. The van der Waals surface area contributed by atoms with E-state index in [1.54, 1.807) is 19.9 Å². The van der Waals surface area contributed by atoms with Crippen LogP contribution in [-0.2, 0) is 4.79 Å². The maximum atomic E-state index is 12.4. The first-order valence-electron chi connectivity index (χ1n) is 6.06. The normalized spacial score (nSPS) is 24.0. The third kappa shape index (κ3) is 1.89. The van der Waals surface area contributed by atoms with Crippen molar-refractivity contribution < 1.29 is 19.1 Å². The fraction of sp³-hybridized carbons (Fsp3) is 0.538. The van der Waals surface area contributed by atoms with Gasteiger partial charge in [0.25, 0.3) is 5.91 Å². The van der Waals surface area contributed by atoms with Crippen LogP contribution in [0.2, 0.25) is 0 Å². The lowest BCUT2D eigenvalue weighted by Crippen LogP contribution is -2.57. The molecule has 1 N–H and O–H groups in total. The van der Waals surface area contributed by atoms with Crippen molar-refractivity contribution in [1.29, 1.82) is 0 Å². The van der Waals surface area contributed by atoms with Crippen molar-refractivity contribution in [3.63, 3.8) is 0 Å². The molecule has 0 saturated carbocycles. The molecule has 18 heavy (non-hydrogen) atoms. The van der Waals surface area contributed by atoms with Gasteiger partial charge in [0.1, 0.15) is 11.3 Å². The SMILES string of the molecule is Cc1occc1C(=O)N1CCCCC1(C)C(=O)O. The van der Waals surface area contributed by atoms with Crippen LogP contribution in [0, 0.1) is 6.92 Å². The van der Waals surface area contributed by atoms with Gasteiger partial charge in [-0.25, -0.2) is 4.79 Å². The first-order chi connectivity index (χ1) is 8.47. The summed E-state index contributed by atoms with van der Waals surface area (Å²) in [4.78, 5) is 25.3. The topological polar surface area (TPSA) is 70.8 Å². The molecule has 1 aromatic rings. The van der Waals surface area contributed by atoms with Crippen molar-refractivity contribution in [2.75, 3.05) is 6.54 Å². The van der Waals surface area contributed by atoms with Crippen molar-refractivity contribution >= 4 is 11.9 Å². The van der Waals surface area contributed by atoms with Crippen molar-refractivity contribution in [2.24, 2.45) is 0 Å². The number of hydrogen-bond acceptors (Lipinski definition) is 3. The fourth-order valence-electron chi connectivity index (χ4n) is 2.42. The quantitative estimate of drug-likeness (QED) is 0.873. The molecule has 0 radical (unpaired) electrons. The standard InChI is InChI=1S/C13H17NO4/c1-9-10(5-8-18-9)11(15)14-7-4-3-6-13(14,2)12(16)17/h5,8H,3-4,6-7H2,1-2H3,(H,16,17). The van der Waals surface area contributed by atoms with Gasteiger partial charge in [0, 0.05) is 6.54 Å². The second-order valence-electron chi connectivity index (χ2n) is 4.88. The molecule has 0 bridgehead atoms. The average molecular weight is 251 g/mol. The molecule has 1 saturated heterocycles. The lowest BCUT2D eigenvalue weighted by Gasteiger charge is -2.41. The number of hydrogen-bond donors (Lipinski definition) is 1. The molecule has 0 aromatic carbocycles. The van der Waals surface area contributed by atoms with Gasteiger partial charge in [-0.3, -0.25) is 4.79 Å². The minimum atomic E-state index is -1.11. The Morgan fingerprint density at radius 3 is 2.72 bits per heavy atom. The molecule has 1 aliphatic heterocycles. The van der Waals surface area contributed by atoms with Gasteiger partial charge in [-0.1, -0.05) is 0 Å². The molecular formula is C13H17NO4. The van der Waals surface area contributed by atoms with Gasteiger partial charge < -0.3 is 14.4 Å². The molecule has 2 rings (SSSR count). The Kier molecular flexibility index (Phi) is 3.15. The number of amides is 1. The molecule has 1 atom stereocenters. The predicted octanol–water partition coefficient (Wildman–Crippen LogP) is 2.06. The van der Waals surface area contributed by atoms with Crippen LogP contribution in [-0.4, -0.2) is 34.0 Å². The monoisotopic (exact) mass is 251 g/mol. The molecule has 1 aromatic heterocycles. The van der Waals surface area contributed by atoms with Gasteiger partial charge in [0.15, 0.2) is 0 Å². The van der Waals surface area contributed by atoms with Gasteiger partial charge in [0.2, 0.25) is 0 Å². The second-order valence-corrected chi connectivity index (χ2v) is 4.88. The Balaban J connectivity index is 2.33. The molecule has 5 nitrogen and oxygen atoms in total. The van der Waals surface area contributed by atoms with Gasteiger partial charge in [-0.2, -0.15) is 0 Å². The highest BCUT2D eigenvalue weighted by molar-refractivity contribution is 5.98. The number of likely N-dealkylation sites (tertiary alicyclic amines) is 1. The van der Waals surface area contributed by atoms with E-state index in [1.165, 1.54) is 11.2 Å². The number of nitrogens with zero attached hydrogens (tertiary/aromatic N) is 1. The minimum absolute atomic E-state index is 0.258. The fourth-order valence-corrected chi connectivity index (χ4v) is 2.42. The van der Waals surface area contributed by atoms with Crippen LogP contribution in [0.25, 0.3) is 0 Å². The van der Waals surface area contributed by atoms with E-state index in [-0.39, 0.29) is 5.91 Å². The van der Waals surface area contributed by atoms with E-state index in [4.69, 9.17) is 4.42 Å².